The van der Waals surface area contributed by atoms with E-state index in [1.807, 2.05) is 0 Å². The zero-order chi connectivity index (χ0) is 20.6. The molecular formula is C25H40N2O2. The zero-order valence-corrected chi connectivity index (χ0v) is 19.2. The Bertz CT molecular complexity index is 714. The molecule has 0 spiro atoms. The van der Waals surface area contributed by atoms with Crippen molar-refractivity contribution in [1.82, 2.24) is 9.80 Å². The predicted molar refractivity (Wildman–Crippen MR) is 115 cm³/mol. The smallest absolute Gasteiger partial charge is 0.311 e. The van der Waals surface area contributed by atoms with Crippen LogP contribution in [-0.2, 0) is 9.53 Å². The fraction of sp³-hybridized carbons (Fsp3) is 0.880. The molecule has 0 unspecified atom stereocenters. The van der Waals surface area contributed by atoms with Gasteiger partial charge in [-0.3, -0.25) is 4.79 Å². The number of carbonyl (C=O) groups excluding carboxylic acids is 1. The Hall–Kier alpha value is -0.870. The molecule has 0 aromatic rings. The first-order valence-corrected chi connectivity index (χ1v) is 11.9. The maximum atomic E-state index is 13.0. The third-order valence-electron chi connectivity index (χ3n) is 8.90. The number of piperidine rings is 2. The first kappa shape index (κ1) is 20.1. The first-order valence-electron chi connectivity index (χ1n) is 11.9. The van der Waals surface area contributed by atoms with Crippen molar-refractivity contribution in [2.75, 3.05) is 39.8 Å². The highest BCUT2D eigenvalue weighted by Crippen LogP contribution is 2.54. The minimum absolute atomic E-state index is 0.0231. The van der Waals surface area contributed by atoms with Crippen molar-refractivity contribution in [2.45, 2.75) is 65.9 Å². The molecule has 0 amide bonds. The molecule has 1 saturated carbocycles. The van der Waals surface area contributed by atoms with E-state index >= 15 is 0 Å². The molecule has 0 aromatic carbocycles. The normalized spacial score (nSPS) is 50.5. The largest absolute Gasteiger partial charge is 0.461 e. The van der Waals surface area contributed by atoms with Crippen molar-refractivity contribution in [3.8, 4) is 0 Å². The molecule has 4 fully saturated rings. The van der Waals surface area contributed by atoms with Crippen LogP contribution in [0.4, 0.5) is 0 Å². The number of carbonyl (C=O) groups is 1. The molecule has 4 nitrogen and oxygen atoms in total. The average Bonchev–Trinajstić information content (AvgIpc) is 2.84. The summed E-state index contributed by atoms with van der Waals surface area (Å²) in [5.41, 5.74) is 2.55. The van der Waals surface area contributed by atoms with Crippen molar-refractivity contribution < 1.29 is 9.53 Å². The van der Waals surface area contributed by atoms with Crippen molar-refractivity contribution >= 4 is 5.97 Å². The van der Waals surface area contributed by atoms with Gasteiger partial charge in [-0.15, -0.1) is 0 Å². The third kappa shape index (κ3) is 3.39. The van der Waals surface area contributed by atoms with Gasteiger partial charge >= 0.3 is 5.97 Å². The number of likely N-dealkylation sites (tertiary alicyclic amines) is 2. The van der Waals surface area contributed by atoms with E-state index in [2.05, 4.69) is 50.6 Å². The number of esters is 1. The standard InChI is InChI=1S/C25H40N2O2/c1-17-7-6-8-25(4)10-21-18(9-20(17)25)19(22(28)29-21)11-27-15-23(2)12-24(3,16-27)14-26(5)13-23/h9,17-19,21H,6-8,10-16H2,1-5H3/t17-,18-,19+,21-,23-,24+,25-/m1/s1. The second-order valence-electron chi connectivity index (χ2n) is 12.5. The van der Waals surface area contributed by atoms with Crippen LogP contribution in [0.25, 0.3) is 0 Å². The lowest BCUT2D eigenvalue weighted by Gasteiger charge is -2.56. The van der Waals surface area contributed by atoms with Crippen molar-refractivity contribution in [3.05, 3.63) is 11.6 Å². The highest BCUT2D eigenvalue weighted by molar-refractivity contribution is 5.76. The van der Waals surface area contributed by atoms with Crippen LogP contribution in [0.1, 0.15) is 59.8 Å². The number of ether oxygens (including phenoxy) is 1. The topological polar surface area (TPSA) is 32.8 Å². The Morgan fingerprint density at radius 1 is 1.14 bits per heavy atom. The minimum atomic E-state index is 0.0231. The van der Waals surface area contributed by atoms with E-state index in [-0.39, 0.29) is 29.3 Å². The van der Waals surface area contributed by atoms with E-state index in [1.165, 1.54) is 38.8 Å². The van der Waals surface area contributed by atoms with Crippen LogP contribution in [0.3, 0.4) is 0 Å². The van der Waals surface area contributed by atoms with E-state index in [0.29, 0.717) is 16.7 Å². The van der Waals surface area contributed by atoms with E-state index in [4.69, 9.17) is 4.74 Å². The Morgan fingerprint density at radius 2 is 1.83 bits per heavy atom. The average molecular weight is 401 g/mol. The summed E-state index contributed by atoms with van der Waals surface area (Å²) in [6.45, 7) is 15.1. The van der Waals surface area contributed by atoms with Crippen LogP contribution in [-0.4, -0.2) is 61.6 Å². The summed E-state index contributed by atoms with van der Waals surface area (Å²) in [4.78, 5) is 18.1. The van der Waals surface area contributed by atoms with E-state index < -0.39 is 0 Å². The van der Waals surface area contributed by atoms with Crippen LogP contribution < -0.4 is 0 Å². The Kier molecular flexibility index (Phi) is 4.54. The molecule has 3 heterocycles. The number of hydrogen-bond donors (Lipinski definition) is 0. The van der Waals surface area contributed by atoms with Crippen LogP contribution in [0, 0.1) is 34.0 Å². The highest BCUT2D eigenvalue weighted by atomic mass is 16.6. The maximum Gasteiger partial charge on any atom is 0.311 e. The summed E-state index contributed by atoms with van der Waals surface area (Å²) < 4.78 is 6.01. The maximum absolute atomic E-state index is 13.0. The second-order valence-corrected chi connectivity index (χ2v) is 12.5. The number of nitrogens with zero attached hydrogens (tertiary/aromatic N) is 2. The summed E-state index contributed by atoms with van der Waals surface area (Å²) in [6.07, 6.45) is 8.82. The van der Waals surface area contributed by atoms with Gasteiger partial charge in [-0.2, -0.15) is 0 Å². The lowest BCUT2D eigenvalue weighted by molar-refractivity contribution is -0.146. The molecule has 4 heteroatoms. The summed E-state index contributed by atoms with van der Waals surface area (Å²) >= 11 is 0. The first-order chi connectivity index (χ1) is 13.6. The molecule has 7 atom stereocenters. The monoisotopic (exact) mass is 400 g/mol. The van der Waals surface area contributed by atoms with Crippen LogP contribution >= 0.6 is 0 Å². The van der Waals surface area contributed by atoms with E-state index in [0.717, 1.165) is 26.1 Å². The molecule has 3 aliphatic heterocycles. The molecule has 3 saturated heterocycles. The quantitative estimate of drug-likeness (QED) is 0.519. The van der Waals surface area contributed by atoms with Gasteiger partial charge in [0, 0.05) is 38.6 Å². The van der Waals surface area contributed by atoms with Gasteiger partial charge in [-0.25, -0.2) is 0 Å². The molecule has 0 aromatic heterocycles. The summed E-state index contributed by atoms with van der Waals surface area (Å²) in [5.74, 6) is 1.04. The molecular weight excluding hydrogens is 360 g/mol. The molecule has 5 rings (SSSR count). The fourth-order valence-electron chi connectivity index (χ4n) is 8.51. The van der Waals surface area contributed by atoms with Crippen LogP contribution in [0.2, 0.25) is 0 Å². The zero-order valence-electron chi connectivity index (χ0n) is 19.2. The molecule has 0 N–H and O–H groups in total. The van der Waals surface area contributed by atoms with Gasteiger partial charge in [0.05, 0.1) is 5.92 Å². The van der Waals surface area contributed by atoms with Gasteiger partial charge in [0.2, 0.25) is 0 Å². The van der Waals surface area contributed by atoms with Gasteiger partial charge in [-0.05, 0) is 54.9 Å². The number of hydrogen-bond acceptors (Lipinski definition) is 4. The molecule has 29 heavy (non-hydrogen) atoms. The van der Waals surface area contributed by atoms with Gasteiger partial charge in [0.1, 0.15) is 6.10 Å². The second kappa shape index (κ2) is 6.56. The van der Waals surface area contributed by atoms with Crippen molar-refractivity contribution in [1.29, 1.82) is 0 Å². The molecule has 162 valence electrons. The fourth-order valence-corrected chi connectivity index (χ4v) is 8.51. The minimum Gasteiger partial charge on any atom is -0.461 e. The molecule has 2 aliphatic carbocycles. The van der Waals surface area contributed by atoms with Gasteiger partial charge < -0.3 is 14.5 Å². The SMILES string of the molecule is C[C@@H]1CCC[C@]2(C)C[C@H]3OC(=O)[C@@H](CN4C[C@]5(C)CN(C)C[C@](C)(C4)C5)[C@H]3C=C12. The third-order valence-corrected chi connectivity index (χ3v) is 8.90. The lowest BCUT2D eigenvalue weighted by Crippen LogP contribution is -2.62. The van der Waals surface area contributed by atoms with Crippen molar-refractivity contribution in [2.24, 2.45) is 34.0 Å². The van der Waals surface area contributed by atoms with Crippen LogP contribution in [0.15, 0.2) is 11.6 Å². The number of fused-ring (bicyclic) bond motifs is 4. The molecule has 5 aliphatic rings. The van der Waals surface area contributed by atoms with E-state index in [1.54, 1.807) is 5.57 Å². The Balaban J connectivity index is 1.37. The van der Waals surface area contributed by atoms with Crippen molar-refractivity contribution in [3.63, 3.8) is 0 Å². The van der Waals surface area contributed by atoms with Gasteiger partial charge in [0.15, 0.2) is 0 Å². The van der Waals surface area contributed by atoms with Crippen LogP contribution in [0.5, 0.6) is 0 Å². The Morgan fingerprint density at radius 3 is 2.52 bits per heavy atom. The summed E-state index contributed by atoms with van der Waals surface area (Å²) in [7, 11) is 2.26. The lowest BCUT2D eigenvalue weighted by atomic mass is 9.59. The number of allylic oxidation sites excluding steroid dienone is 1. The van der Waals surface area contributed by atoms with Gasteiger partial charge in [0.25, 0.3) is 0 Å². The molecule has 2 bridgehead atoms. The summed E-state index contributed by atoms with van der Waals surface area (Å²) in [5, 5.41) is 0. The van der Waals surface area contributed by atoms with Gasteiger partial charge in [-0.1, -0.05) is 45.8 Å². The Labute approximate surface area is 177 Å². The predicted octanol–water partition coefficient (Wildman–Crippen LogP) is 3.96. The van der Waals surface area contributed by atoms with E-state index in [9.17, 15) is 4.79 Å². The highest BCUT2D eigenvalue weighted by Gasteiger charge is 2.53. The summed E-state index contributed by atoms with van der Waals surface area (Å²) in [6, 6.07) is 0. The number of rotatable bonds is 2. The molecule has 0 radical (unpaired) electrons.